The Bertz CT molecular complexity index is 550. The molecule has 1 atom stereocenters. The summed E-state index contributed by atoms with van der Waals surface area (Å²) in [6, 6.07) is 2.52. The molecule has 1 fully saturated rings. The van der Waals surface area contributed by atoms with E-state index >= 15 is 0 Å². The van der Waals surface area contributed by atoms with E-state index < -0.39 is 17.7 Å². The summed E-state index contributed by atoms with van der Waals surface area (Å²) < 4.78 is 5.27. The molecule has 7 heteroatoms. The first-order valence-corrected chi connectivity index (χ1v) is 7.61. The molecule has 0 aliphatic carbocycles. The van der Waals surface area contributed by atoms with Crippen molar-refractivity contribution < 1.29 is 19.4 Å². The molecule has 2 amide bonds. The molecule has 1 aliphatic rings. The first-order chi connectivity index (χ1) is 10.8. The van der Waals surface area contributed by atoms with Crippen LogP contribution in [0.2, 0.25) is 0 Å². The van der Waals surface area contributed by atoms with E-state index in [1.54, 1.807) is 50.2 Å². The highest BCUT2D eigenvalue weighted by Crippen LogP contribution is 2.30. The van der Waals surface area contributed by atoms with Crippen molar-refractivity contribution in [2.24, 2.45) is 0 Å². The normalized spacial score (nSPS) is 16.7. The van der Waals surface area contributed by atoms with Gasteiger partial charge in [-0.2, -0.15) is 0 Å². The van der Waals surface area contributed by atoms with Crippen molar-refractivity contribution in [1.29, 1.82) is 0 Å². The van der Waals surface area contributed by atoms with Gasteiger partial charge in [-0.25, -0.2) is 4.79 Å². The smallest absolute Gasteiger partial charge is 0.408 e. The Morgan fingerprint density at radius 3 is 2.48 bits per heavy atom. The van der Waals surface area contributed by atoms with E-state index in [-0.39, 0.29) is 5.91 Å². The number of carbonyl (C=O) groups is 2. The lowest BCUT2D eigenvalue weighted by molar-refractivity contribution is -0.142. The van der Waals surface area contributed by atoms with E-state index in [9.17, 15) is 14.7 Å². The zero-order valence-corrected chi connectivity index (χ0v) is 13.7. The number of carbonyl (C=O) groups excluding carboxylic acids is 1. The fourth-order valence-electron chi connectivity index (χ4n) is 2.68. The topological polar surface area (TPSA) is 83.0 Å². The van der Waals surface area contributed by atoms with Crippen LogP contribution in [-0.4, -0.2) is 63.7 Å². The minimum atomic E-state index is -1.13. The molecule has 1 aliphatic heterocycles. The molecule has 0 saturated carbocycles. The molecule has 1 unspecified atom stereocenters. The molecule has 1 aromatic heterocycles. The number of pyridine rings is 1. The van der Waals surface area contributed by atoms with Gasteiger partial charge in [0.05, 0.1) is 13.2 Å². The summed E-state index contributed by atoms with van der Waals surface area (Å²) in [7, 11) is 0. The number of rotatable bonds is 3. The third kappa shape index (κ3) is 3.98. The van der Waals surface area contributed by atoms with Gasteiger partial charge in [-0.05, 0) is 26.8 Å². The Balaban J connectivity index is 2.42. The highest BCUT2D eigenvalue weighted by atomic mass is 16.5. The van der Waals surface area contributed by atoms with Crippen LogP contribution < -0.4 is 0 Å². The Morgan fingerprint density at radius 1 is 1.35 bits per heavy atom. The third-order valence-electron chi connectivity index (χ3n) is 3.74. The highest BCUT2D eigenvalue weighted by molar-refractivity contribution is 5.87. The average molecular weight is 321 g/mol. The maximum atomic E-state index is 13.0. The molecule has 0 aromatic carbocycles. The Labute approximate surface area is 135 Å². The monoisotopic (exact) mass is 321 g/mol. The van der Waals surface area contributed by atoms with Crippen molar-refractivity contribution in [2.45, 2.75) is 32.4 Å². The molecule has 0 radical (unpaired) electrons. The second kappa shape index (κ2) is 6.95. The maximum Gasteiger partial charge on any atom is 0.408 e. The van der Waals surface area contributed by atoms with Crippen molar-refractivity contribution in [3.63, 3.8) is 0 Å². The molecule has 0 bridgehead atoms. The van der Waals surface area contributed by atoms with Crippen molar-refractivity contribution in [3.8, 4) is 0 Å². The Morgan fingerprint density at radius 2 is 2.00 bits per heavy atom. The van der Waals surface area contributed by atoms with Gasteiger partial charge in [-0.3, -0.25) is 14.7 Å². The van der Waals surface area contributed by atoms with Gasteiger partial charge in [0.2, 0.25) is 5.91 Å². The largest absolute Gasteiger partial charge is 0.465 e. The first kappa shape index (κ1) is 17.2. The second-order valence-electron chi connectivity index (χ2n) is 6.45. The second-order valence-corrected chi connectivity index (χ2v) is 6.45. The zero-order valence-electron chi connectivity index (χ0n) is 13.7. The Kier molecular flexibility index (Phi) is 5.20. The van der Waals surface area contributed by atoms with Crippen LogP contribution in [-0.2, 0) is 9.53 Å². The van der Waals surface area contributed by atoms with E-state index in [1.807, 2.05) is 0 Å². The van der Waals surface area contributed by atoms with Gasteiger partial charge in [0.25, 0.3) is 0 Å². The van der Waals surface area contributed by atoms with Crippen LogP contribution in [0, 0.1) is 0 Å². The SMILES string of the molecule is CC(C)(C)N(C(=O)O)C(C(=O)N1CCOCC1)c1cccnc1. The summed E-state index contributed by atoms with van der Waals surface area (Å²) in [5, 5.41) is 9.70. The highest BCUT2D eigenvalue weighted by Gasteiger charge is 2.40. The molecule has 1 saturated heterocycles. The number of morpholine rings is 1. The fourth-order valence-corrected chi connectivity index (χ4v) is 2.68. The van der Waals surface area contributed by atoms with Crippen molar-refractivity contribution in [1.82, 2.24) is 14.8 Å². The van der Waals surface area contributed by atoms with Crippen molar-refractivity contribution in [3.05, 3.63) is 30.1 Å². The lowest BCUT2D eigenvalue weighted by atomic mass is 9.98. The van der Waals surface area contributed by atoms with Gasteiger partial charge in [0.15, 0.2) is 0 Å². The minimum absolute atomic E-state index is 0.237. The number of hydrogen-bond acceptors (Lipinski definition) is 4. The van der Waals surface area contributed by atoms with E-state index in [0.717, 1.165) is 0 Å². The number of ether oxygens (including phenoxy) is 1. The lowest BCUT2D eigenvalue weighted by Gasteiger charge is -2.41. The summed E-state index contributed by atoms with van der Waals surface area (Å²) in [5.41, 5.74) is -0.157. The lowest BCUT2D eigenvalue weighted by Crippen LogP contribution is -2.54. The zero-order chi connectivity index (χ0) is 17.0. The summed E-state index contributed by atoms with van der Waals surface area (Å²) in [4.78, 5) is 31.8. The molecule has 1 N–H and O–H groups in total. The van der Waals surface area contributed by atoms with Crippen LogP contribution in [0.1, 0.15) is 32.4 Å². The van der Waals surface area contributed by atoms with Gasteiger partial charge in [0.1, 0.15) is 6.04 Å². The van der Waals surface area contributed by atoms with Crippen LogP contribution in [0.4, 0.5) is 4.79 Å². The van der Waals surface area contributed by atoms with Gasteiger partial charge < -0.3 is 14.7 Å². The molecular formula is C16H23N3O4. The standard InChI is InChI=1S/C16H23N3O4/c1-16(2,3)19(15(21)22)13(12-5-4-6-17-11-12)14(20)18-7-9-23-10-8-18/h4-6,11,13H,7-10H2,1-3H3,(H,21,22). The summed E-state index contributed by atoms with van der Waals surface area (Å²) >= 11 is 0. The predicted molar refractivity (Wildman–Crippen MR) is 84.0 cm³/mol. The summed E-state index contributed by atoms with van der Waals surface area (Å²) in [6.45, 7) is 7.19. The number of carboxylic acid groups (broad SMARTS) is 1. The summed E-state index contributed by atoms with van der Waals surface area (Å²) in [5.74, 6) is -0.237. The van der Waals surface area contributed by atoms with Gasteiger partial charge in [-0.15, -0.1) is 0 Å². The van der Waals surface area contributed by atoms with E-state index in [4.69, 9.17) is 4.74 Å². The van der Waals surface area contributed by atoms with Crippen LogP contribution >= 0.6 is 0 Å². The molecular weight excluding hydrogens is 298 g/mol. The van der Waals surface area contributed by atoms with Crippen molar-refractivity contribution >= 4 is 12.0 Å². The average Bonchev–Trinajstić information content (AvgIpc) is 2.52. The van der Waals surface area contributed by atoms with Crippen LogP contribution in [0.5, 0.6) is 0 Å². The molecule has 2 rings (SSSR count). The van der Waals surface area contributed by atoms with Crippen LogP contribution in [0.25, 0.3) is 0 Å². The third-order valence-corrected chi connectivity index (χ3v) is 3.74. The number of amides is 2. The van der Waals surface area contributed by atoms with Crippen LogP contribution in [0.3, 0.4) is 0 Å². The molecule has 0 spiro atoms. The minimum Gasteiger partial charge on any atom is -0.465 e. The quantitative estimate of drug-likeness (QED) is 0.917. The predicted octanol–water partition coefficient (Wildman–Crippen LogP) is 1.76. The molecule has 126 valence electrons. The Hall–Kier alpha value is -2.15. The van der Waals surface area contributed by atoms with E-state index in [2.05, 4.69) is 4.98 Å². The molecule has 7 nitrogen and oxygen atoms in total. The van der Waals surface area contributed by atoms with E-state index in [1.165, 1.54) is 4.90 Å². The summed E-state index contributed by atoms with van der Waals surface area (Å²) in [6.07, 6.45) is 2.01. The number of hydrogen-bond donors (Lipinski definition) is 1. The van der Waals surface area contributed by atoms with Crippen molar-refractivity contribution in [2.75, 3.05) is 26.3 Å². The molecule has 23 heavy (non-hydrogen) atoms. The van der Waals surface area contributed by atoms with Gasteiger partial charge >= 0.3 is 6.09 Å². The fraction of sp³-hybridized carbons (Fsp3) is 0.562. The van der Waals surface area contributed by atoms with Gasteiger partial charge in [-0.1, -0.05) is 6.07 Å². The maximum absolute atomic E-state index is 13.0. The first-order valence-electron chi connectivity index (χ1n) is 7.61. The number of aromatic nitrogens is 1. The number of nitrogens with zero attached hydrogens (tertiary/aromatic N) is 3. The molecule has 2 heterocycles. The van der Waals surface area contributed by atoms with Crippen LogP contribution in [0.15, 0.2) is 24.5 Å². The van der Waals surface area contributed by atoms with E-state index in [0.29, 0.717) is 31.9 Å². The van der Waals surface area contributed by atoms with Gasteiger partial charge in [0, 0.05) is 36.6 Å². The molecule has 1 aromatic rings.